The highest BCUT2D eigenvalue weighted by Crippen LogP contribution is 2.31. The number of methoxy groups -OCH3 is 1. The number of carbonyl (C=O) groups excluding carboxylic acids is 1. The Bertz CT molecular complexity index is 1250. The number of hydrogen-bond donors (Lipinski definition) is 2. The number of ether oxygens (including phenoxy) is 2. The molecule has 0 radical (unpaired) electrons. The monoisotopic (exact) mass is 508 g/mol. The van der Waals surface area contributed by atoms with Crippen molar-refractivity contribution < 1.29 is 35.9 Å². The van der Waals surface area contributed by atoms with E-state index in [2.05, 4.69) is 10.0 Å². The number of carbonyl (C=O) groups is 1. The van der Waals surface area contributed by atoms with Gasteiger partial charge >= 0.3 is 6.18 Å². The topological polar surface area (TPSA) is 93.7 Å². The highest BCUT2D eigenvalue weighted by Gasteiger charge is 2.30. The van der Waals surface area contributed by atoms with Crippen LogP contribution in [0.1, 0.15) is 18.4 Å². The second-order valence-electron chi connectivity index (χ2n) is 7.38. The molecule has 3 aromatic carbocycles. The van der Waals surface area contributed by atoms with Crippen molar-refractivity contribution in [3.05, 3.63) is 78.4 Å². The molecule has 0 aliphatic rings. The lowest BCUT2D eigenvalue weighted by Gasteiger charge is -2.12. The molecule has 0 saturated heterocycles. The molecule has 3 aromatic rings. The van der Waals surface area contributed by atoms with Crippen molar-refractivity contribution in [3.8, 4) is 11.5 Å². The predicted molar refractivity (Wildman–Crippen MR) is 125 cm³/mol. The predicted octanol–water partition coefficient (Wildman–Crippen LogP) is 5.31. The fraction of sp³-hybridized carbons (Fsp3) is 0.208. The van der Waals surface area contributed by atoms with Gasteiger partial charge in [0.15, 0.2) is 0 Å². The smallest absolute Gasteiger partial charge is 0.416 e. The van der Waals surface area contributed by atoms with Crippen LogP contribution in [0.25, 0.3) is 0 Å². The molecule has 0 saturated carbocycles. The summed E-state index contributed by atoms with van der Waals surface area (Å²) in [7, 11) is -2.56. The Balaban J connectivity index is 1.50. The van der Waals surface area contributed by atoms with Crippen LogP contribution in [0.5, 0.6) is 11.5 Å². The summed E-state index contributed by atoms with van der Waals surface area (Å²) in [5.41, 5.74) is -0.802. The van der Waals surface area contributed by atoms with Crippen LogP contribution in [0.4, 0.5) is 24.5 Å². The van der Waals surface area contributed by atoms with Crippen molar-refractivity contribution in [2.24, 2.45) is 0 Å². The molecule has 11 heteroatoms. The Labute approximate surface area is 200 Å². The zero-order valence-corrected chi connectivity index (χ0v) is 19.4. The number of anilines is 2. The third-order valence-electron chi connectivity index (χ3n) is 4.77. The van der Waals surface area contributed by atoms with E-state index in [9.17, 15) is 26.4 Å². The number of sulfonamides is 1. The maximum atomic E-state index is 12.9. The number of halogens is 3. The van der Waals surface area contributed by atoms with E-state index < -0.39 is 21.8 Å². The quantitative estimate of drug-likeness (QED) is 0.362. The fourth-order valence-corrected chi connectivity index (χ4v) is 4.06. The highest BCUT2D eigenvalue weighted by atomic mass is 32.2. The summed E-state index contributed by atoms with van der Waals surface area (Å²) in [6, 6.07) is 16.2. The van der Waals surface area contributed by atoms with Gasteiger partial charge in [0.2, 0.25) is 5.91 Å². The van der Waals surface area contributed by atoms with Crippen molar-refractivity contribution >= 4 is 27.3 Å². The van der Waals surface area contributed by atoms with Gasteiger partial charge in [-0.05, 0) is 73.2 Å². The Hall–Kier alpha value is -3.73. The van der Waals surface area contributed by atoms with E-state index >= 15 is 0 Å². The molecule has 0 aliphatic heterocycles. The number of alkyl halides is 3. The van der Waals surface area contributed by atoms with Gasteiger partial charge in [0, 0.05) is 17.8 Å². The molecule has 186 valence electrons. The fourth-order valence-electron chi connectivity index (χ4n) is 3.01. The van der Waals surface area contributed by atoms with Gasteiger partial charge in [0.25, 0.3) is 10.0 Å². The van der Waals surface area contributed by atoms with Crippen LogP contribution in [0.3, 0.4) is 0 Å². The van der Waals surface area contributed by atoms with Gasteiger partial charge < -0.3 is 14.8 Å². The Morgan fingerprint density at radius 3 is 2.20 bits per heavy atom. The second-order valence-corrected chi connectivity index (χ2v) is 9.07. The first-order valence-corrected chi connectivity index (χ1v) is 11.9. The van der Waals surface area contributed by atoms with Gasteiger partial charge in [-0.15, -0.1) is 0 Å². The van der Waals surface area contributed by atoms with Crippen molar-refractivity contribution in [3.63, 3.8) is 0 Å². The van der Waals surface area contributed by atoms with E-state index in [0.29, 0.717) is 36.3 Å². The van der Waals surface area contributed by atoms with Crippen LogP contribution >= 0.6 is 0 Å². The van der Waals surface area contributed by atoms with Crippen molar-refractivity contribution in [1.82, 2.24) is 0 Å². The van der Waals surface area contributed by atoms with Gasteiger partial charge in [-0.3, -0.25) is 9.52 Å². The van der Waals surface area contributed by atoms with E-state index in [1.165, 1.54) is 30.3 Å². The van der Waals surface area contributed by atoms with Gasteiger partial charge in [0.1, 0.15) is 11.5 Å². The molecule has 2 N–H and O–H groups in total. The summed E-state index contributed by atoms with van der Waals surface area (Å²) in [4.78, 5) is 12.0. The molecular weight excluding hydrogens is 485 g/mol. The summed E-state index contributed by atoms with van der Waals surface area (Å²) in [6.45, 7) is 0.331. The van der Waals surface area contributed by atoms with Crippen LogP contribution in [-0.4, -0.2) is 28.0 Å². The van der Waals surface area contributed by atoms with Crippen LogP contribution in [0.15, 0.2) is 77.7 Å². The molecule has 0 fully saturated rings. The average Bonchev–Trinajstić information content (AvgIpc) is 2.82. The van der Waals surface area contributed by atoms with Crippen LogP contribution in [0.2, 0.25) is 0 Å². The third kappa shape index (κ3) is 7.64. The molecule has 0 spiro atoms. The molecular formula is C24H23F3N2O5S. The van der Waals surface area contributed by atoms with Crippen LogP contribution in [-0.2, 0) is 21.0 Å². The molecule has 0 aliphatic carbocycles. The van der Waals surface area contributed by atoms with Crippen LogP contribution < -0.4 is 19.5 Å². The van der Waals surface area contributed by atoms with Crippen LogP contribution in [0, 0.1) is 0 Å². The molecule has 0 aromatic heterocycles. The zero-order chi connectivity index (χ0) is 25.5. The lowest BCUT2D eigenvalue weighted by Crippen LogP contribution is -2.15. The molecule has 0 unspecified atom stereocenters. The number of rotatable bonds is 10. The maximum absolute atomic E-state index is 12.9. The molecule has 1 amide bonds. The molecule has 3 rings (SSSR count). The molecule has 0 heterocycles. The first kappa shape index (κ1) is 25.9. The van der Waals surface area contributed by atoms with E-state index in [4.69, 9.17) is 9.47 Å². The number of hydrogen-bond acceptors (Lipinski definition) is 5. The third-order valence-corrected chi connectivity index (χ3v) is 6.16. The van der Waals surface area contributed by atoms with Gasteiger partial charge in [-0.25, -0.2) is 8.42 Å². The van der Waals surface area contributed by atoms with E-state index in [1.54, 1.807) is 31.4 Å². The first-order valence-electron chi connectivity index (χ1n) is 10.4. The summed E-state index contributed by atoms with van der Waals surface area (Å²) in [5, 5.41) is 2.66. The SMILES string of the molecule is COc1ccc(OCCCC(=O)Nc2ccc(S(=O)(=O)Nc3cccc(C(F)(F)F)c3)cc2)cc1. The zero-order valence-electron chi connectivity index (χ0n) is 18.6. The van der Waals surface area contributed by atoms with E-state index in [-0.39, 0.29) is 22.9 Å². The van der Waals surface area contributed by atoms with Crippen molar-refractivity contribution in [2.75, 3.05) is 23.8 Å². The number of amides is 1. The summed E-state index contributed by atoms with van der Waals surface area (Å²) >= 11 is 0. The molecule has 0 atom stereocenters. The lowest BCUT2D eigenvalue weighted by molar-refractivity contribution is -0.137. The Morgan fingerprint density at radius 2 is 1.57 bits per heavy atom. The van der Waals surface area contributed by atoms with Crippen molar-refractivity contribution in [2.45, 2.75) is 23.9 Å². The Kier molecular flexibility index (Phi) is 8.23. The van der Waals surface area contributed by atoms with Crippen molar-refractivity contribution in [1.29, 1.82) is 0 Å². The first-order chi connectivity index (χ1) is 16.6. The highest BCUT2D eigenvalue weighted by molar-refractivity contribution is 7.92. The minimum absolute atomic E-state index is 0.166. The Morgan fingerprint density at radius 1 is 0.914 bits per heavy atom. The minimum atomic E-state index is -4.59. The lowest BCUT2D eigenvalue weighted by atomic mass is 10.2. The molecule has 7 nitrogen and oxygen atoms in total. The normalized spacial score (nSPS) is 11.5. The van der Waals surface area contributed by atoms with Gasteiger partial charge in [-0.2, -0.15) is 13.2 Å². The summed E-state index contributed by atoms with van der Waals surface area (Å²) in [5.74, 6) is 1.09. The number of nitrogens with one attached hydrogen (secondary N) is 2. The van der Waals surface area contributed by atoms with E-state index in [0.717, 1.165) is 12.1 Å². The maximum Gasteiger partial charge on any atom is 0.416 e. The van der Waals surface area contributed by atoms with Gasteiger partial charge in [0.05, 0.1) is 24.2 Å². The average molecular weight is 509 g/mol. The van der Waals surface area contributed by atoms with E-state index in [1.807, 2.05) is 0 Å². The summed E-state index contributed by atoms with van der Waals surface area (Å²) < 4.78 is 76.4. The molecule has 35 heavy (non-hydrogen) atoms. The molecule has 0 bridgehead atoms. The standard InChI is InChI=1S/C24H23F3N2O5S/c1-33-20-9-11-21(12-10-20)34-15-3-6-23(30)28-18-7-13-22(14-8-18)35(31,32)29-19-5-2-4-17(16-19)24(25,26)27/h2,4-5,7-14,16,29H,3,6,15H2,1H3,(H,28,30). The van der Waals surface area contributed by atoms with Gasteiger partial charge in [-0.1, -0.05) is 6.07 Å². The minimum Gasteiger partial charge on any atom is -0.497 e. The number of benzene rings is 3. The second kappa shape index (κ2) is 11.1. The summed E-state index contributed by atoms with van der Waals surface area (Å²) in [6.07, 6.45) is -3.94. The largest absolute Gasteiger partial charge is 0.497 e.